The molecule has 1 aromatic carbocycles. The molecule has 3 aromatic rings. The largest absolute Gasteiger partial charge is 0.444 e. The van der Waals surface area contributed by atoms with Crippen molar-refractivity contribution in [2.24, 2.45) is 0 Å². The van der Waals surface area contributed by atoms with Crippen molar-refractivity contribution in [1.82, 2.24) is 19.4 Å². The maximum atomic E-state index is 14.0. The van der Waals surface area contributed by atoms with Gasteiger partial charge >= 0.3 is 6.09 Å². The Morgan fingerprint density at radius 3 is 2.64 bits per heavy atom. The van der Waals surface area contributed by atoms with Crippen molar-refractivity contribution < 1.29 is 13.9 Å². The lowest BCUT2D eigenvalue weighted by Crippen LogP contribution is -2.54. The topological polar surface area (TPSA) is 63.5 Å². The lowest BCUT2D eigenvalue weighted by molar-refractivity contribution is 0.0218. The Kier molecular flexibility index (Phi) is 5.26. The summed E-state index contributed by atoms with van der Waals surface area (Å²) in [6.07, 6.45) is 5.67. The van der Waals surface area contributed by atoms with Crippen molar-refractivity contribution in [1.29, 1.82) is 0 Å². The molecule has 2 aliphatic rings. The minimum atomic E-state index is -0.519. The van der Waals surface area contributed by atoms with E-state index in [0.29, 0.717) is 25.6 Å². The van der Waals surface area contributed by atoms with Crippen molar-refractivity contribution in [3.05, 3.63) is 48.2 Å². The maximum Gasteiger partial charge on any atom is 0.410 e. The predicted molar refractivity (Wildman–Crippen MR) is 125 cm³/mol. The first-order valence-corrected chi connectivity index (χ1v) is 11.6. The Hall–Kier alpha value is -3.16. The van der Waals surface area contributed by atoms with E-state index >= 15 is 0 Å². The fraction of sp³-hybridized carbons (Fsp3) is 0.480. The van der Waals surface area contributed by atoms with E-state index < -0.39 is 5.60 Å². The summed E-state index contributed by atoms with van der Waals surface area (Å²) in [6.45, 7) is 9.52. The van der Waals surface area contributed by atoms with Crippen LogP contribution in [-0.2, 0) is 4.74 Å². The molecule has 1 aliphatic heterocycles. The van der Waals surface area contributed by atoms with Crippen LogP contribution in [-0.4, -0.2) is 56.8 Å². The number of piperazine rings is 1. The first-order valence-electron chi connectivity index (χ1n) is 11.6. The Balaban J connectivity index is 1.50. The number of amides is 1. The van der Waals surface area contributed by atoms with Gasteiger partial charge in [0.15, 0.2) is 0 Å². The van der Waals surface area contributed by atoms with Gasteiger partial charge in [-0.1, -0.05) is 6.07 Å². The highest BCUT2D eigenvalue weighted by Crippen LogP contribution is 2.46. The molecular weight excluding hydrogens is 421 g/mol. The quantitative estimate of drug-likeness (QED) is 0.568. The van der Waals surface area contributed by atoms with Gasteiger partial charge in [-0.15, -0.1) is 0 Å². The van der Waals surface area contributed by atoms with Crippen LogP contribution < -0.4 is 4.90 Å². The second-order valence-electron chi connectivity index (χ2n) is 10.1. The molecule has 2 fully saturated rings. The van der Waals surface area contributed by atoms with Crippen LogP contribution >= 0.6 is 0 Å². The van der Waals surface area contributed by atoms with E-state index in [2.05, 4.69) is 23.0 Å². The molecule has 1 aliphatic carbocycles. The molecule has 2 aromatic heterocycles. The van der Waals surface area contributed by atoms with Gasteiger partial charge in [-0.2, -0.15) is 0 Å². The van der Waals surface area contributed by atoms with Crippen molar-refractivity contribution in [3.8, 4) is 5.69 Å². The van der Waals surface area contributed by atoms with Gasteiger partial charge in [-0.05, 0) is 70.2 Å². The standard InChI is InChI=1S/C25H30FN5O2/c1-16-13-29(24(32)33-25(2,3)4)10-11-30(16)22-21-20(17-8-9-17)14-31(23(21)28-15-27-22)19-7-5-6-18(26)12-19/h5-7,12,14-17H,8-11,13H2,1-4H3/t16-/m0/s1. The zero-order chi connectivity index (χ0) is 23.3. The van der Waals surface area contributed by atoms with Gasteiger partial charge in [0.1, 0.15) is 29.2 Å². The highest BCUT2D eigenvalue weighted by molar-refractivity contribution is 5.93. The number of anilines is 1. The molecule has 0 N–H and O–H groups in total. The summed E-state index contributed by atoms with van der Waals surface area (Å²) in [5, 5.41) is 1.03. The number of ether oxygens (including phenoxy) is 1. The van der Waals surface area contributed by atoms with Gasteiger partial charge < -0.3 is 19.1 Å². The van der Waals surface area contributed by atoms with Gasteiger partial charge in [-0.25, -0.2) is 19.2 Å². The van der Waals surface area contributed by atoms with Crippen LogP contribution in [0.2, 0.25) is 0 Å². The SMILES string of the molecule is C[C@H]1CN(C(=O)OC(C)(C)C)CCN1c1ncnc2c1c(C1CC1)cn2-c1cccc(F)c1. The Bertz CT molecular complexity index is 1200. The van der Waals surface area contributed by atoms with Gasteiger partial charge in [0, 0.05) is 37.6 Å². The zero-order valence-electron chi connectivity index (χ0n) is 19.6. The van der Waals surface area contributed by atoms with Crippen molar-refractivity contribution in [2.45, 2.75) is 58.1 Å². The van der Waals surface area contributed by atoms with E-state index in [0.717, 1.165) is 35.4 Å². The molecule has 0 bridgehead atoms. The summed E-state index contributed by atoms with van der Waals surface area (Å²) < 4.78 is 21.5. The van der Waals surface area contributed by atoms with Crippen LogP contribution in [0.15, 0.2) is 36.8 Å². The van der Waals surface area contributed by atoms with E-state index in [1.807, 2.05) is 31.4 Å². The summed E-state index contributed by atoms with van der Waals surface area (Å²) in [5.41, 5.74) is 2.23. The lowest BCUT2D eigenvalue weighted by atomic mass is 10.1. The third-order valence-corrected chi connectivity index (χ3v) is 6.25. The van der Waals surface area contributed by atoms with Gasteiger partial charge in [0.05, 0.1) is 5.39 Å². The lowest BCUT2D eigenvalue weighted by Gasteiger charge is -2.41. The van der Waals surface area contributed by atoms with Crippen molar-refractivity contribution in [3.63, 3.8) is 0 Å². The number of aromatic nitrogens is 3. The first kappa shape index (κ1) is 21.7. The molecule has 1 atom stereocenters. The molecule has 174 valence electrons. The van der Waals surface area contributed by atoms with E-state index in [1.54, 1.807) is 17.3 Å². The molecule has 0 radical (unpaired) electrons. The van der Waals surface area contributed by atoms with E-state index in [4.69, 9.17) is 9.72 Å². The average molecular weight is 452 g/mol. The molecule has 33 heavy (non-hydrogen) atoms. The van der Waals surface area contributed by atoms with Crippen LogP contribution in [0, 0.1) is 5.82 Å². The van der Waals surface area contributed by atoms with Gasteiger partial charge in [0.25, 0.3) is 0 Å². The molecule has 5 rings (SSSR count). The van der Waals surface area contributed by atoms with Gasteiger partial charge in [-0.3, -0.25) is 0 Å². The van der Waals surface area contributed by atoms with E-state index in [9.17, 15) is 9.18 Å². The zero-order valence-corrected chi connectivity index (χ0v) is 19.6. The molecule has 7 nitrogen and oxygen atoms in total. The summed E-state index contributed by atoms with van der Waals surface area (Å²) in [7, 11) is 0. The number of fused-ring (bicyclic) bond motifs is 1. The summed E-state index contributed by atoms with van der Waals surface area (Å²) >= 11 is 0. The minimum absolute atomic E-state index is 0.0638. The van der Waals surface area contributed by atoms with Crippen LogP contribution in [0.4, 0.5) is 15.0 Å². The number of halogens is 1. The molecule has 0 spiro atoms. The fourth-order valence-corrected chi connectivity index (χ4v) is 4.58. The number of carbonyl (C=O) groups is 1. The monoisotopic (exact) mass is 451 g/mol. The van der Waals surface area contributed by atoms with E-state index in [1.165, 1.54) is 17.7 Å². The number of rotatable bonds is 3. The van der Waals surface area contributed by atoms with Crippen molar-refractivity contribution in [2.75, 3.05) is 24.5 Å². The number of hydrogen-bond acceptors (Lipinski definition) is 5. The second kappa shape index (κ2) is 8.01. The highest BCUT2D eigenvalue weighted by atomic mass is 19.1. The van der Waals surface area contributed by atoms with Crippen molar-refractivity contribution >= 4 is 22.9 Å². The Morgan fingerprint density at radius 2 is 1.97 bits per heavy atom. The summed E-state index contributed by atoms with van der Waals surface area (Å²) in [6, 6.07) is 6.65. The molecule has 1 amide bonds. The number of carbonyl (C=O) groups excluding carboxylic acids is 1. The molecule has 1 saturated carbocycles. The second-order valence-corrected chi connectivity index (χ2v) is 10.1. The minimum Gasteiger partial charge on any atom is -0.444 e. The highest BCUT2D eigenvalue weighted by Gasteiger charge is 2.34. The van der Waals surface area contributed by atoms with Gasteiger partial charge in [0.2, 0.25) is 0 Å². The summed E-state index contributed by atoms with van der Waals surface area (Å²) in [4.78, 5) is 25.9. The van der Waals surface area contributed by atoms with Crippen LogP contribution in [0.25, 0.3) is 16.7 Å². The molecular formula is C25H30FN5O2. The van der Waals surface area contributed by atoms with Crippen LogP contribution in [0.5, 0.6) is 0 Å². The smallest absolute Gasteiger partial charge is 0.410 e. The first-order chi connectivity index (χ1) is 15.7. The van der Waals surface area contributed by atoms with Crippen LogP contribution in [0.1, 0.15) is 52.0 Å². The number of benzene rings is 1. The summed E-state index contributed by atoms with van der Waals surface area (Å²) in [5.74, 6) is 1.09. The Labute approximate surface area is 193 Å². The third kappa shape index (κ3) is 4.26. The molecule has 1 saturated heterocycles. The maximum absolute atomic E-state index is 14.0. The average Bonchev–Trinajstić information content (AvgIpc) is 3.52. The number of nitrogens with zero attached hydrogens (tertiary/aromatic N) is 5. The molecule has 3 heterocycles. The Morgan fingerprint density at radius 1 is 1.18 bits per heavy atom. The predicted octanol–water partition coefficient (Wildman–Crippen LogP) is 4.88. The molecule has 0 unspecified atom stereocenters. The third-order valence-electron chi connectivity index (χ3n) is 6.25. The number of hydrogen-bond donors (Lipinski definition) is 0. The van der Waals surface area contributed by atoms with Crippen LogP contribution in [0.3, 0.4) is 0 Å². The fourth-order valence-electron chi connectivity index (χ4n) is 4.58. The van der Waals surface area contributed by atoms with E-state index in [-0.39, 0.29) is 18.0 Å². The molecule has 8 heteroatoms. The normalized spacial score (nSPS) is 19.2.